The lowest BCUT2D eigenvalue weighted by Gasteiger charge is -1.95. The van der Waals surface area contributed by atoms with Crippen LogP contribution in [-0.4, -0.2) is 14.2 Å². The first-order valence-electron chi connectivity index (χ1n) is 4.35. The van der Waals surface area contributed by atoms with Gasteiger partial charge in [0.05, 0.1) is 11.4 Å². The van der Waals surface area contributed by atoms with Crippen LogP contribution in [0.1, 0.15) is 17.0 Å². The van der Waals surface area contributed by atoms with Gasteiger partial charge in [0.2, 0.25) is 0 Å². The number of aryl methyl sites for hydroxylation is 3. The Hall–Kier alpha value is -1.29. The van der Waals surface area contributed by atoms with E-state index in [1.54, 1.807) is 0 Å². The summed E-state index contributed by atoms with van der Waals surface area (Å²) in [6.45, 7) is 4.58. The molecule has 2 N–H and O–H groups in total. The molecule has 2 heterocycles. The SMILES string of the molecule is Cc1nn2c(C)cn(C)c2c1CN. The highest BCUT2D eigenvalue weighted by Gasteiger charge is 2.12. The molecule has 13 heavy (non-hydrogen) atoms. The Labute approximate surface area is 77.0 Å². The topological polar surface area (TPSA) is 48.2 Å². The van der Waals surface area contributed by atoms with Crippen LogP contribution in [0.15, 0.2) is 6.20 Å². The van der Waals surface area contributed by atoms with E-state index in [0.717, 1.165) is 22.6 Å². The molecular weight excluding hydrogens is 164 g/mol. The van der Waals surface area contributed by atoms with E-state index in [2.05, 4.69) is 15.9 Å². The van der Waals surface area contributed by atoms with Crippen molar-refractivity contribution in [1.29, 1.82) is 0 Å². The Kier molecular flexibility index (Phi) is 1.66. The molecule has 0 amide bonds. The van der Waals surface area contributed by atoms with Crippen LogP contribution in [0.4, 0.5) is 0 Å². The van der Waals surface area contributed by atoms with Crippen molar-refractivity contribution >= 4 is 5.65 Å². The highest BCUT2D eigenvalue weighted by molar-refractivity contribution is 5.52. The lowest BCUT2D eigenvalue weighted by Crippen LogP contribution is -1.99. The molecule has 0 saturated heterocycles. The van der Waals surface area contributed by atoms with Crippen LogP contribution >= 0.6 is 0 Å². The highest BCUT2D eigenvalue weighted by Crippen LogP contribution is 2.16. The molecule has 2 aromatic heterocycles. The third-order valence-corrected chi connectivity index (χ3v) is 2.41. The van der Waals surface area contributed by atoms with E-state index in [0.29, 0.717) is 6.54 Å². The zero-order valence-corrected chi connectivity index (χ0v) is 8.20. The summed E-state index contributed by atoms with van der Waals surface area (Å²) in [5.41, 5.74) is 10.1. The summed E-state index contributed by atoms with van der Waals surface area (Å²) in [6, 6.07) is 0. The summed E-state index contributed by atoms with van der Waals surface area (Å²) in [5, 5.41) is 4.42. The first kappa shape index (κ1) is 8.31. The number of imidazole rings is 1. The van der Waals surface area contributed by atoms with Crippen LogP contribution in [0, 0.1) is 13.8 Å². The molecule has 0 saturated carbocycles. The molecule has 0 aliphatic rings. The van der Waals surface area contributed by atoms with E-state index < -0.39 is 0 Å². The molecular formula is C9H14N4. The van der Waals surface area contributed by atoms with Crippen molar-refractivity contribution in [2.24, 2.45) is 12.8 Å². The van der Waals surface area contributed by atoms with Gasteiger partial charge in [-0.3, -0.25) is 0 Å². The van der Waals surface area contributed by atoms with Crippen molar-refractivity contribution in [2.45, 2.75) is 20.4 Å². The second-order valence-electron chi connectivity index (χ2n) is 3.38. The second kappa shape index (κ2) is 2.60. The molecule has 4 heteroatoms. The zero-order valence-electron chi connectivity index (χ0n) is 8.20. The molecule has 2 rings (SSSR count). The Morgan fingerprint density at radius 2 is 2.15 bits per heavy atom. The van der Waals surface area contributed by atoms with Gasteiger partial charge in [0.15, 0.2) is 0 Å². The van der Waals surface area contributed by atoms with Gasteiger partial charge in [-0.25, -0.2) is 4.52 Å². The van der Waals surface area contributed by atoms with E-state index in [1.807, 2.05) is 25.4 Å². The van der Waals surface area contributed by atoms with Gasteiger partial charge in [0, 0.05) is 25.4 Å². The van der Waals surface area contributed by atoms with E-state index >= 15 is 0 Å². The van der Waals surface area contributed by atoms with Gasteiger partial charge < -0.3 is 10.3 Å². The van der Waals surface area contributed by atoms with Crippen molar-refractivity contribution in [2.75, 3.05) is 0 Å². The molecule has 0 unspecified atom stereocenters. The molecule has 0 spiro atoms. The number of nitrogens with two attached hydrogens (primary N) is 1. The zero-order chi connectivity index (χ0) is 9.59. The minimum atomic E-state index is 0.548. The van der Waals surface area contributed by atoms with Gasteiger partial charge >= 0.3 is 0 Å². The fraction of sp³-hybridized carbons (Fsp3) is 0.444. The molecule has 70 valence electrons. The fourth-order valence-corrected chi connectivity index (χ4v) is 1.79. The third-order valence-electron chi connectivity index (χ3n) is 2.41. The molecule has 0 bridgehead atoms. The van der Waals surface area contributed by atoms with E-state index in [4.69, 9.17) is 5.73 Å². The second-order valence-corrected chi connectivity index (χ2v) is 3.38. The van der Waals surface area contributed by atoms with Crippen molar-refractivity contribution < 1.29 is 0 Å². The van der Waals surface area contributed by atoms with Crippen molar-refractivity contribution in [3.8, 4) is 0 Å². The standard InChI is InChI=1S/C9H14N4/c1-6-5-12(3)9-8(4-10)7(2)11-13(6)9/h5H,4,10H2,1-3H3. The number of nitrogens with zero attached hydrogens (tertiary/aromatic N) is 3. The number of aromatic nitrogens is 3. The van der Waals surface area contributed by atoms with E-state index in [1.165, 1.54) is 0 Å². The third kappa shape index (κ3) is 0.986. The summed E-state index contributed by atoms with van der Waals surface area (Å²) in [5.74, 6) is 0. The van der Waals surface area contributed by atoms with Crippen LogP contribution in [-0.2, 0) is 13.6 Å². The molecule has 0 aromatic carbocycles. The van der Waals surface area contributed by atoms with Crippen molar-refractivity contribution in [1.82, 2.24) is 14.2 Å². The summed E-state index contributed by atoms with van der Waals surface area (Å²) >= 11 is 0. The average molecular weight is 178 g/mol. The Balaban J connectivity index is 2.89. The minimum Gasteiger partial charge on any atom is -0.334 e. The number of fused-ring (bicyclic) bond motifs is 1. The maximum absolute atomic E-state index is 5.67. The Morgan fingerprint density at radius 1 is 1.46 bits per heavy atom. The monoisotopic (exact) mass is 178 g/mol. The summed E-state index contributed by atoms with van der Waals surface area (Å²) < 4.78 is 4.01. The molecule has 0 aliphatic heterocycles. The fourth-order valence-electron chi connectivity index (χ4n) is 1.79. The quantitative estimate of drug-likeness (QED) is 0.700. The van der Waals surface area contributed by atoms with Crippen LogP contribution in [0.25, 0.3) is 5.65 Å². The number of rotatable bonds is 1. The van der Waals surface area contributed by atoms with Crippen LogP contribution in [0.5, 0.6) is 0 Å². The molecule has 0 fully saturated rings. The number of hydrogen-bond acceptors (Lipinski definition) is 2. The van der Waals surface area contributed by atoms with Gasteiger partial charge in [-0.2, -0.15) is 5.10 Å². The lowest BCUT2D eigenvalue weighted by molar-refractivity contribution is 0.899. The van der Waals surface area contributed by atoms with Crippen LogP contribution in [0.2, 0.25) is 0 Å². The van der Waals surface area contributed by atoms with Gasteiger partial charge in [0.25, 0.3) is 0 Å². The largest absolute Gasteiger partial charge is 0.334 e. The Bertz CT molecular complexity index is 450. The van der Waals surface area contributed by atoms with E-state index in [-0.39, 0.29) is 0 Å². The van der Waals surface area contributed by atoms with Gasteiger partial charge in [0.1, 0.15) is 5.65 Å². The predicted molar refractivity (Wildman–Crippen MR) is 51.5 cm³/mol. The first-order valence-corrected chi connectivity index (χ1v) is 4.35. The first-order chi connectivity index (χ1) is 6.15. The van der Waals surface area contributed by atoms with Gasteiger partial charge in [-0.1, -0.05) is 0 Å². The van der Waals surface area contributed by atoms with Crippen LogP contribution in [0.3, 0.4) is 0 Å². The maximum atomic E-state index is 5.67. The number of hydrogen-bond donors (Lipinski definition) is 1. The molecule has 2 aromatic rings. The van der Waals surface area contributed by atoms with Gasteiger partial charge in [-0.05, 0) is 13.8 Å². The van der Waals surface area contributed by atoms with Crippen LogP contribution < -0.4 is 5.73 Å². The van der Waals surface area contributed by atoms with Crippen molar-refractivity contribution in [3.05, 3.63) is 23.1 Å². The summed E-state index contributed by atoms with van der Waals surface area (Å²) in [6.07, 6.45) is 2.06. The molecule has 0 aliphatic carbocycles. The smallest absolute Gasteiger partial charge is 0.140 e. The molecule has 0 atom stereocenters. The molecule has 4 nitrogen and oxygen atoms in total. The van der Waals surface area contributed by atoms with Crippen molar-refractivity contribution in [3.63, 3.8) is 0 Å². The molecule has 0 radical (unpaired) electrons. The lowest BCUT2D eigenvalue weighted by atomic mass is 10.2. The average Bonchev–Trinajstić information content (AvgIpc) is 2.52. The summed E-state index contributed by atoms with van der Waals surface area (Å²) in [4.78, 5) is 0. The predicted octanol–water partition coefficient (Wildman–Crippen LogP) is 0.748. The minimum absolute atomic E-state index is 0.548. The normalized spacial score (nSPS) is 11.4. The Morgan fingerprint density at radius 3 is 2.77 bits per heavy atom. The van der Waals surface area contributed by atoms with E-state index in [9.17, 15) is 0 Å². The highest BCUT2D eigenvalue weighted by atomic mass is 15.3. The summed E-state index contributed by atoms with van der Waals surface area (Å²) in [7, 11) is 2.02. The van der Waals surface area contributed by atoms with Gasteiger partial charge in [-0.15, -0.1) is 0 Å². The maximum Gasteiger partial charge on any atom is 0.140 e.